The first-order chi connectivity index (χ1) is 10.8. The number of aromatic hydroxyl groups is 1. The second-order valence-corrected chi connectivity index (χ2v) is 5.07. The first-order valence-corrected chi connectivity index (χ1v) is 6.78. The Kier molecular flexibility index (Phi) is 3.60. The summed E-state index contributed by atoms with van der Waals surface area (Å²) in [5.41, 5.74) is 0.394. The Labute approximate surface area is 130 Å². The maximum Gasteiger partial charge on any atom is 0.416 e. The number of ether oxygens (including phenoxy) is 1. The van der Waals surface area contributed by atoms with Crippen LogP contribution in [0.2, 0.25) is 0 Å². The highest BCUT2D eigenvalue weighted by atomic mass is 19.4. The Morgan fingerprint density at radius 2 is 1.61 bits per heavy atom. The molecule has 118 valence electrons. The number of nitrogens with zero attached hydrogens (tertiary/aromatic N) is 1. The average molecular weight is 319 g/mol. The maximum atomic E-state index is 12.5. The molecule has 0 aliphatic rings. The van der Waals surface area contributed by atoms with Gasteiger partial charge in [0.25, 0.3) is 0 Å². The Morgan fingerprint density at radius 3 is 2.26 bits per heavy atom. The summed E-state index contributed by atoms with van der Waals surface area (Å²) in [7, 11) is 0. The molecule has 1 N–H and O–H groups in total. The van der Waals surface area contributed by atoms with Crippen molar-refractivity contribution in [1.29, 1.82) is 0 Å². The van der Waals surface area contributed by atoms with E-state index in [0.717, 1.165) is 17.5 Å². The van der Waals surface area contributed by atoms with E-state index >= 15 is 0 Å². The predicted molar refractivity (Wildman–Crippen MR) is 79.7 cm³/mol. The van der Waals surface area contributed by atoms with Crippen molar-refractivity contribution in [3.63, 3.8) is 0 Å². The van der Waals surface area contributed by atoms with Crippen molar-refractivity contribution >= 4 is 10.9 Å². The molecule has 1 heterocycles. The second-order valence-electron chi connectivity index (χ2n) is 5.07. The van der Waals surface area contributed by atoms with Crippen molar-refractivity contribution in [3.8, 4) is 17.2 Å². The molecular formula is C17H12F3NO2. The van der Waals surface area contributed by atoms with Crippen LogP contribution in [-0.2, 0) is 6.18 Å². The molecule has 0 radical (unpaired) electrons. The lowest BCUT2D eigenvalue weighted by Crippen LogP contribution is -2.03. The highest BCUT2D eigenvalue weighted by Gasteiger charge is 2.30. The summed E-state index contributed by atoms with van der Waals surface area (Å²) in [6.07, 6.45) is -4.37. The number of benzene rings is 2. The van der Waals surface area contributed by atoms with Crippen LogP contribution in [0.3, 0.4) is 0 Å². The monoisotopic (exact) mass is 319 g/mol. The number of pyridine rings is 1. The minimum Gasteiger partial charge on any atom is -0.506 e. The van der Waals surface area contributed by atoms with Crippen LogP contribution in [0, 0.1) is 6.92 Å². The second kappa shape index (κ2) is 5.46. The van der Waals surface area contributed by atoms with Gasteiger partial charge in [-0.1, -0.05) is 0 Å². The van der Waals surface area contributed by atoms with Crippen LogP contribution >= 0.6 is 0 Å². The predicted octanol–water partition coefficient (Wildman–Crippen LogP) is 5.06. The summed E-state index contributed by atoms with van der Waals surface area (Å²) in [4.78, 5) is 4.25. The lowest BCUT2D eigenvalue weighted by atomic mass is 10.2. The molecule has 2 aromatic carbocycles. The summed E-state index contributed by atoms with van der Waals surface area (Å²) >= 11 is 0. The van der Waals surface area contributed by atoms with Crippen molar-refractivity contribution in [2.45, 2.75) is 13.1 Å². The largest absolute Gasteiger partial charge is 0.506 e. The van der Waals surface area contributed by atoms with Crippen molar-refractivity contribution in [1.82, 2.24) is 4.98 Å². The Balaban J connectivity index is 1.88. The molecule has 0 aliphatic heterocycles. The van der Waals surface area contributed by atoms with E-state index in [-0.39, 0.29) is 5.75 Å². The number of rotatable bonds is 2. The molecule has 0 saturated heterocycles. The standard InChI is InChI=1S/C17H12F3NO2/c1-10-16(22)8-11-2-5-14(9-15(11)21-10)23-13-6-3-12(4-7-13)17(18,19)20/h2-9,22H,1H3. The molecule has 0 bridgehead atoms. The zero-order chi connectivity index (χ0) is 16.6. The van der Waals surface area contributed by atoms with Crippen molar-refractivity contribution < 1.29 is 23.0 Å². The van der Waals surface area contributed by atoms with E-state index in [4.69, 9.17) is 4.74 Å². The summed E-state index contributed by atoms with van der Waals surface area (Å²) < 4.78 is 43.1. The fraction of sp³-hybridized carbons (Fsp3) is 0.118. The van der Waals surface area contributed by atoms with E-state index in [0.29, 0.717) is 22.7 Å². The lowest BCUT2D eigenvalue weighted by Gasteiger charge is -2.10. The van der Waals surface area contributed by atoms with Gasteiger partial charge < -0.3 is 9.84 Å². The maximum absolute atomic E-state index is 12.5. The molecular weight excluding hydrogens is 307 g/mol. The smallest absolute Gasteiger partial charge is 0.416 e. The normalized spacial score (nSPS) is 11.7. The minimum absolute atomic E-state index is 0.105. The van der Waals surface area contributed by atoms with Gasteiger partial charge in [0.15, 0.2) is 0 Å². The van der Waals surface area contributed by atoms with Crippen LogP contribution in [-0.4, -0.2) is 10.1 Å². The Bertz CT molecular complexity index is 858. The fourth-order valence-corrected chi connectivity index (χ4v) is 2.14. The van der Waals surface area contributed by atoms with Gasteiger partial charge in [-0.2, -0.15) is 13.2 Å². The topological polar surface area (TPSA) is 42.4 Å². The molecule has 0 amide bonds. The Morgan fingerprint density at radius 1 is 0.957 bits per heavy atom. The zero-order valence-electron chi connectivity index (χ0n) is 12.1. The quantitative estimate of drug-likeness (QED) is 0.718. The molecule has 0 saturated carbocycles. The molecule has 3 nitrogen and oxygen atoms in total. The summed E-state index contributed by atoms with van der Waals surface area (Å²) in [6, 6.07) is 11.1. The number of aryl methyl sites for hydroxylation is 1. The SMILES string of the molecule is Cc1nc2cc(Oc3ccc(C(F)(F)F)cc3)ccc2cc1O. The van der Waals surface area contributed by atoms with Crippen molar-refractivity contribution in [3.05, 3.63) is 59.8 Å². The summed E-state index contributed by atoms with van der Waals surface area (Å²) in [6.45, 7) is 1.68. The third-order valence-corrected chi connectivity index (χ3v) is 3.37. The van der Waals surface area contributed by atoms with Crippen molar-refractivity contribution in [2.75, 3.05) is 0 Å². The molecule has 3 aromatic rings. The van der Waals surface area contributed by atoms with Gasteiger partial charge in [0.05, 0.1) is 16.8 Å². The molecule has 0 atom stereocenters. The molecule has 1 aromatic heterocycles. The van der Waals surface area contributed by atoms with Crippen LogP contribution in [0.5, 0.6) is 17.2 Å². The van der Waals surface area contributed by atoms with Crippen LogP contribution in [0.25, 0.3) is 10.9 Å². The number of alkyl halides is 3. The molecule has 0 aliphatic carbocycles. The molecule has 23 heavy (non-hydrogen) atoms. The van der Waals surface area contributed by atoms with E-state index < -0.39 is 11.7 Å². The van der Waals surface area contributed by atoms with E-state index in [2.05, 4.69) is 4.98 Å². The van der Waals surface area contributed by atoms with E-state index in [9.17, 15) is 18.3 Å². The van der Waals surface area contributed by atoms with E-state index in [1.54, 1.807) is 31.2 Å². The Hall–Kier alpha value is -2.76. The number of aromatic nitrogens is 1. The van der Waals surface area contributed by atoms with Gasteiger partial charge in [0.1, 0.15) is 17.2 Å². The van der Waals surface area contributed by atoms with Gasteiger partial charge in [-0.05, 0) is 49.4 Å². The number of hydrogen-bond donors (Lipinski definition) is 1. The van der Waals surface area contributed by atoms with E-state index in [1.165, 1.54) is 12.1 Å². The third kappa shape index (κ3) is 3.21. The first-order valence-electron chi connectivity index (χ1n) is 6.78. The molecule has 0 unspecified atom stereocenters. The van der Waals surface area contributed by atoms with Gasteiger partial charge in [0.2, 0.25) is 0 Å². The van der Waals surface area contributed by atoms with Crippen LogP contribution in [0.15, 0.2) is 48.5 Å². The van der Waals surface area contributed by atoms with Gasteiger partial charge in [0, 0.05) is 11.5 Å². The molecule has 3 rings (SSSR count). The van der Waals surface area contributed by atoms with Crippen LogP contribution in [0.4, 0.5) is 13.2 Å². The van der Waals surface area contributed by atoms with Gasteiger partial charge in [-0.25, -0.2) is 4.98 Å². The lowest BCUT2D eigenvalue weighted by molar-refractivity contribution is -0.137. The first kappa shape index (κ1) is 15.1. The number of fused-ring (bicyclic) bond motifs is 1. The number of hydrogen-bond acceptors (Lipinski definition) is 3. The number of halogens is 3. The zero-order valence-corrected chi connectivity index (χ0v) is 12.1. The van der Waals surface area contributed by atoms with Crippen molar-refractivity contribution in [2.24, 2.45) is 0 Å². The minimum atomic E-state index is -4.37. The van der Waals surface area contributed by atoms with E-state index in [1.807, 2.05) is 0 Å². The average Bonchev–Trinajstić information content (AvgIpc) is 2.48. The molecule has 6 heteroatoms. The highest BCUT2D eigenvalue weighted by Crippen LogP contribution is 2.32. The van der Waals surface area contributed by atoms with Gasteiger partial charge >= 0.3 is 6.18 Å². The fourth-order valence-electron chi connectivity index (χ4n) is 2.14. The van der Waals surface area contributed by atoms with Crippen LogP contribution in [0.1, 0.15) is 11.3 Å². The van der Waals surface area contributed by atoms with Gasteiger partial charge in [-0.15, -0.1) is 0 Å². The highest BCUT2D eigenvalue weighted by molar-refractivity contribution is 5.81. The summed E-state index contributed by atoms with van der Waals surface area (Å²) in [5.74, 6) is 0.858. The molecule has 0 fully saturated rings. The molecule has 0 spiro atoms. The third-order valence-electron chi connectivity index (χ3n) is 3.37. The van der Waals surface area contributed by atoms with Crippen LogP contribution < -0.4 is 4.74 Å². The summed E-state index contributed by atoms with van der Waals surface area (Å²) in [5, 5.41) is 10.4. The van der Waals surface area contributed by atoms with Gasteiger partial charge in [-0.3, -0.25) is 0 Å².